The van der Waals surface area contributed by atoms with Crippen LogP contribution in [0, 0.1) is 6.92 Å². The number of pyridine rings is 1. The maximum atomic E-state index is 12.4. The van der Waals surface area contributed by atoms with Crippen molar-refractivity contribution in [2.75, 3.05) is 5.32 Å². The van der Waals surface area contributed by atoms with Gasteiger partial charge >= 0.3 is 0 Å². The molecule has 1 N–H and O–H groups in total. The van der Waals surface area contributed by atoms with Gasteiger partial charge in [0.25, 0.3) is 5.91 Å². The first-order chi connectivity index (χ1) is 10.6. The molecule has 0 fully saturated rings. The average Bonchev–Trinajstić information content (AvgIpc) is 2.90. The number of hydrogen-bond donors (Lipinski definition) is 1. The number of hydrogen-bond acceptors (Lipinski definition) is 3. The van der Waals surface area contributed by atoms with Gasteiger partial charge in [-0.15, -0.1) is 0 Å². The van der Waals surface area contributed by atoms with Gasteiger partial charge in [-0.05, 0) is 37.3 Å². The van der Waals surface area contributed by atoms with Gasteiger partial charge in [0.05, 0.1) is 17.5 Å². The van der Waals surface area contributed by atoms with Crippen molar-refractivity contribution in [1.29, 1.82) is 0 Å². The summed E-state index contributed by atoms with van der Waals surface area (Å²) in [6.07, 6.45) is 3.21. The van der Waals surface area contributed by atoms with Gasteiger partial charge in [-0.2, -0.15) is 5.10 Å². The molecule has 110 valence electrons. The molecule has 0 spiro atoms. The van der Waals surface area contributed by atoms with Crippen LogP contribution in [0.3, 0.4) is 0 Å². The molecule has 0 aliphatic carbocycles. The molecule has 0 radical (unpaired) electrons. The molecule has 0 unspecified atom stereocenters. The van der Waals surface area contributed by atoms with Gasteiger partial charge < -0.3 is 5.32 Å². The molecule has 0 atom stereocenters. The second-order valence-corrected chi connectivity index (χ2v) is 5.14. The van der Waals surface area contributed by atoms with Crippen molar-refractivity contribution < 1.29 is 4.79 Å². The van der Waals surface area contributed by atoms with Crippen molar-refractivity contribution >= 4 is 23.2 Å². The van der Waals surface area contributed by atoms with Crippen LogP contribution in [-0.2, 0) is 0 Å². The third-order valence-corrected chi connectivity index (χ3v) is 3.44. The molecule has 0 saturated heterocycles. The lowest BCUT2D eigenvalue weighted by molar-refractivity contribution is 0.102. The van der Waals surface area contributed by atoms with Crippen LogP contribution < -0.4 is 5.32 Å². The Balaban J connectivity index is 1.87. The maximum Gasteiger partial charge on any atom is 0.259 e. The summed E-state index contributed by atoms with van der Waals surface area (Å²) < 4.78 is 1.63. The Hall–Kier alpha value is -2.66. The molecular formula is C16H13ClN4O. The van der Waals surface area contributed by atoms with Crippen LogP contribution >= 0.6 is 11.6 Å². The third kappa shape index (κ3) is 2.84. The van der Waals surface area contributed by atoms with Crippen molar-refractivity contribution in [3.63, 3.8) is 0 Å². The van der Waals surface area contributed by atoms with Crippen LogP contribution in [-0.4, -0.2) is 20.7 Å². The van der Waals surface area contributed by atoms with Crippen LogP contribution in [0.2, 0.25) is 5.02 Å². The highest BCUT2D eigenvalue weighted by molar-refractivity contribution is 6.30. The van der Waals surface area contributed by atoms with E-state index in [-0.39, 0.29) is 5.91 Å². The van der Waals surface area contributed by atoms with E-state index in [1.54, 1.807) is 35.1 Å². The number of carbonyl (C=O) groups excluding carboxylic acids is 1. The summed E-state index contributed by atoms with van der Waals surface area (Å²) in [4.78, 5) is 16.6. The molecule has 3 aromatic rings. The van der Waals surface area contributed by atoms with Gasteiger partial charge in [0.2, 0.25) is 0 Å². The normalized spacial score (nSPS) is 10.5. The lowest BCUT2D eigenvalue weighted by atomic mass is 10.2. The number of aromatic nitrogens is 3. The molecule has 1 amide bonds. The number of rotatable bonds is 3. The Morgan fingerprint density at radius 3 is 2.82 bits per heavy atom. The van der Waals surface area contributed by atoms with E-state index in [4.69, 9.17) is 11.6 Å². The molecule has 2 heterocycles. The summed E-state index contributed by atoms with van der Waals surface area (Å²) in [6, 6.07) is 12.5. The Bertz CT molecular complexity index is 814. The minimum Gasteiger partial charge on any atom is -0.322 e. The molecule has 6 heteroatoms. The smallest absolute Gasteiger partial charge is 0.259 e. The van der Waals surface area contributed by atoms with Crippen molar-refractivity contribution in [1.82, 2.24) is 14.8 Å². The summed E-state index contributed by atoms with van der Waals surface area (Å²) >= 11 is 5.91. The van der Waals surface area contributed by atoms with E-state index >= 15 is 0 Å². The molecule has 2 aromatic heterocycles. The maximum absolute atomic E-state index is 12.4. The van der Waals surface area contributed by atoms with Gasteiger partial charge in [-0.25, -0.2) is 9.67 Å². The molecule has 0 aliphatic rings. The van der Waals surface area contributed by atoms with Crippen molar-refractivity contribution in [3.8, 4) is 5.82 Å². The minimum atomic E-state index is -0.234. The highest BCUT2D eigenvalue weighted by Crippen LogP contribution is 2.17. The predicted octanol–water partition coefficient (Wildman–Crippen LogP) is 3.48. The van der Waals surface area contributed by atoms with Gasteiger partial charge in [-0.1, -0.05) is 23.7 Å². The average molecular weight is 313 g/mol. The summed E-state index contributed by atoms with van der Waals surface area (Å²) in [5.41, 5.74) is 1.85. The summed E-state index contributed by atoms with van der Waals surface area (Å²) in [5.74, 6) is 0.434. The first kappa shape index (κ1) is 14.3. The lowest BCUT2D eigenvalue weighted by Gasteiger charge is -2.06. The van der Waals surface area contributed by atoms with Gasteiger partial charge in [-0.3, -0.25) is 4.79 Å². The van der Waals surface area contributed by atoms with Crippen LogP contribution in [0.4, 0.5) is 5.69 Å². The molecule has 5 nitrogen and oxygen atoms in total. The first-order valence-electron chi connectivity index (χ1n) is 6.68. The number of carbonyl (C=O) groups is 1. The van der Waals surface area contributed by atoms with E-state index in [0.29, 0.717) is 22.1 Å². The SMILES string of the molecule is Cc1c(C(=O)Nc2cccc(Cl)c2)cnn1-c1ccccn1. The van der Waals surface area contributed by atoms with Crippen molar-refractivity contribution in [3.05, 3.63) is 71.1 Å². The Morgan fingerprint density at radius 1 is 1.23 bits per heavy atom. The second kappa shape index (κ2) is 5.99. The van der Waals surface area contributed by atoms with Crippen LogP contribution in [0.5, 0.6) is 0 Å². The molecular weight excluding hydrogens is 300 g/mol. The monoisotopic (exact) mass is 312 g/mol. The second-order valence-electron chi connectivity index (χ2n) is 4.71. The molecule has 22 heavy (non-hydrogen) atoms. The minimum absolute atomic E-state index is 0.234. The van der Waals surface area contributed by atoms with E-state index in [0.717, 1.165) is 5.69 Å². The Morgan fingerprint density at radius 2 is 2.09 bits per heavy atom. The molecule has 0 aliphatic heterocycles. The standard InChI is InChI=1S/C16H13ClN4O/c1-11-14(10-19-21(11)15-7-2-3-8-18-15)16(22)20-13-6-4-5-12(17)9-13/h2-10H,1H3,(H,20,22). The number of benzene rings is 1. The summed E-state index contributed by atoms with van der Waals surface area (Å²) in [7, 11) is 0. The molecule has 0 bridgehead atoms. The van der Waals surface area contributed by atoms with Gasteiger partial charge in [0, 0.05) is 16.9 Å². The topological polar surface area (TPSA) is 59.8 Å². The zero-order chi connectivity index (χ0) is 15.5. The van der Waals surface area contributed by atoms with E-state index in [9.17, 15) is 4.79 Å². The van der Waals surface area contributed by atoms with E-state index in [1.807, 2.05) is 25.1 Å². The Kier molecular flexibility index (Phi) is 3.89. The number of halogens is 1. The number of nitrogens with one attached hydrogen (secondary N) is 1. The van der Waals surface area contributed by atoms with E-state index in [2.05, 4.69) is 15.4 Å². The highest BCUT2D eigenvalue weighted by Gasteiger charge is 2.15. The molecule has 0 saturated carbocycles. The molecule has 3 rings (SSSR count). The zero-order valence-corrected chi connectivity index (χ0v) is 12.6. The van der Waals surface area contributed by atoms with Crippen LogP contribution in [0.1, 0.15) is 16.1 Å². The van der Waals surface area contributed by atoms with Crippen molar-refractivity contribution in [2.24, 2.45) is 0 Å². The Labute approximate surface area is 132 Å². The number of amides is 1. The summed E-state index contributed by atoms with van der Waals surface area (Å²) in [6.45, 7) is 1.83. The van der Waals surface area contributed by atoms with Crippen molar-refractivity contribution in [2.45, 2.75) is 6.92 Å². The van der Waals surface area contributed by atoms with E-state index < -0.39 is 0 Å². The van der Waals surface area contributed by atoms with Gasteiger partial charge in [0.1, 0.15) is 0 Å². The quantitative estimate of drug-likeness (QED) is 0.805. The number of nitrogens with zero attached hydrogens (tertiary/aromatic N) is 3. The fourth-order valence-electron chi connectivity index (χ4n) is 2.11. The number of anilines is 1. The van der Waals surface area contributed by atoms with Gasteiger partial charge in [0.15, 0.2) is 5.82 Å². The zero-order valence-electron chi connectivity index (χ0n) is 11.8. The first-order valence-corrected chi connectivity index (χ1v) is 7.06. The largest absolute Gasteiger partial charge is 0.322 e. The van der Waals surface area contributed by atoms with E-state index in [1.165, 1.54) is 6.20 Å². The van der Waals surface area contributed by atoms with Crippen LogP contribution in [0.15, 0.2) is 54.9 Å². The predicted molar refractivity (Wildman–Crippen MR) is 85.5 cm³/mol. The van der Waals surface area contributed by atoms with Crippen LogP contribution in [0.25, 0.3) is 5.82 Å². The molecule has 1 aromatic carbocycles. The lowest BCUT2D eigenvalue weighted by Crippen LogP contribution is -2.13. The fraction of sp³-hybridized carbons (Fsp3) is 0.0625. The fourth-order valence-corrected chi connectivity index (χ4v) is 2.30. The highest BCUT2D eigenvalue weighted by atomic mass is 35.5. The third-order valence-electron chi connectivity index (χ3n) is 3.20. The summed E-state index contributed by atoms with van der Waals surface area (Å²) in [5, 5.41) is 7.61.